The van der Waals surface area contributed by atoms with Crippen LogP contribution < -0.4 is 4.74 Å². The van der Waals surface area contributed by atoms with Crippen LogP contribution in [0.15, 0.2) is 18.2 Å². The van der Waals surface area contributed by atoms with Gasteiger partial charge in [-0.25, -0.2) is 0 Å². The molecule has 0 heterocycles. The summed E-state index contributed by atoms with van der Waals surface area (Å²) in [5, 5.41) is 9.64. The molecule has 0 saturated heterocycles. The van der Waals surface area contributed by atoms with Gasteiger partial charge in [0, 0.05) is 12.6 Å². The summed E-state index contributed by atoms with van der Waals surface area (Å²) in [4.78, 5) is 2.43. The highest BCUT2D eigenvalue weighted by molar-refractivity contribution is 5.41. The van der Waals surface area contributed by atoms with Crippen LogP contribution in [-0.2, 0) is 6.54 Å². The zero-order valence-electron chi connectivity index (χ0n) is 13.1. The van der Waals surface area contributed by atoms with E-state index >= 15 is 0 Å². The Bertz CT molecular complexity index is 446. The van der Waals surface area contributed by atoms with E-state index in [0.717, 1.165) is 6.54 Å². The lowest BCUT2D eigenvalue weighted by Gasteiger charge is -2.38. The second-order valence-corrected chi connectivity index (χ2v) is 6.82. The Morgan fingerprint density at radius 1 is 1.30 bits per heavy atom. The van der Waals surface area contributed by atoms with Crippen LogP contribution in [0.5, 0.6) is 11.5 Å². The van der Waals surface area contributed by atoms with Crippen molar-refractivity contribution >= 4 is 0 Å². The van der Waals surface area contributed by atoms with Gasteiger partial charge in [-0.3, -0.25) is 4.90 Å². The second kappa shape index (κ2) is 6.04. The molecule has 1 aliphatic rings. The predicted molar refractivity (Wildman–Crippen MR) is 82.2 cm³/mol. The van der Waals surface area contributed by atoms with Crippen LogP contribution in [0.4, 0.5) is 0 Å². The van der Waals surface area contributed by atoms with E-state index in [1.165, 1.54) is 31.2 Å². The minimum atomic E-state index is 0.207. The number of phenols is 1. The van der Waals surface area contributed by atoms with E-state index in [1.807, 2.05) is 12.1 Å². The predicted octanol–water partition coefficient (Wildman–Crippen LogP) is 3.80. The van der Waals surface area contributed by atoms with Crippen molar-refractivity contribution in [2.75, 3.05) is 14.2 Å². The van der Waals surface area contributed by atoms with Crippen molar-refractivity contribution in [2.24, 2.45) is 5.41 Å². The van der Waals surface area contributed by atoms with Crippen LogP contribution in [0.1, 0.15) is 45.1 Å². The average Bonchev–Trinajstić information content (AvgIpc) is 2.40. The summed E-state index contributed by atoms with van der Waals surface area (Å²) in [5.74, 6) is 0.763. The molecule has 0 bridgehead atoms. The third kappa shape index (κ3) is 3.66. The summed E-state index contributed by atoms with van der Waals surface area (Å²) in [6.45, 7) is 5.64. The number of phenolic OH excluding ortho intramolecular Hbond substituents is 1. The first-order valence-electron chi connectivity index (χ1n) is 7.47. The van der Waals surface area contributed by atoms with E-state index in [-0.39, 0.29) is 5.75 Å². The highest BCUT2D eigenvalue weighted by atomic mass is 16.5. The Hall–Kier alpha value is -1.22. The Labute approximate surface area is 122 Å². The fourth-order valence-electron chi connectivity index (χ4n) is 3.06. The van der Waals surface area contributed by atoms with Gasteiger partial charge >= 0.3 is 0 Å². The molecule has 1 N–H and O–H groups in total. The summed E-state index contributed by atoms with van der Waals surface area (Å²) in [6, 6.07) is 6.29. The third-order valence-corrected chi connectivity index (χ3v) is 4.61. The molecule has 0 unspecified atom stereocenters. The number of methoxy groups -OCH3 is 1. The molecule has 3 heteroatoms. The molecular weight excluding hydrogens is 250 g/mol. The smallest absolute Gasteiger partial charge is 0.160 e. The molecule has 20 heavy (non-hydrogen) atoms. The van der Waals surface area contributed by atoms with Crippen molar-refractivity contribution < 1.29 is 9.84 Å². The molecule has 0 amide bonds. The summed E-state index contributed by atoms with van der Waals surface area (Å²) in [6.07, 6.45) is 5.17. The molecule has 1 aromatic carbocycles. The Morgan fingerprint density at radius 2 is 1.95 bits per heavy atom. The molecule has 1 aromatic rings. The molecule has 0 spiro atoms. The van der Waals surface area contributed by atoms with Gasteiger partial charge in [0.15, 0.2) is 11.5 Å². The van der Waals surface area contributed by atoms with Gasteiger partial charge < -0.3 is 9.84 Å². The summed E-state index contributed by atoms with van der Waals surface area (Å²) in [7, 11) is 3.79. The van der Waals surface area contributed by atoms with Gasteiger partial charge in [-0.1, -0.05) is 19.9 Å². The molecule has 0 radical (unpaired) electrons. The van der Waals surface area contributed by atoms with E-state index in [1.54, 1.807) is 13.2 Å². The molecule has 0 aliphatic heterocycles. The zero-order chi connectivity index (χ0) is 14.8. The lowest BCUT2D eigenvalue weighted by Crippen LogP contribution is -2.36. The molecule has 0 aromatic heterocycles. The number of hydrogen-bond acceptors (Lipinski definition) is 3. The monoisotopic (exact) mass is 277 g/mol. The molecule has 112 valence electrons. The molecule has 1 saturated carbocycles. The van der Waals surface area contributed by atoms with Crippen LogP contribution in [0.25, 0.3) is 0 Å². The lowest BCUT2D eigenvalue weighted by atomic mass is 9.75. The quantitative estimate of drug-likeness (QED) is 0.908. The van der Waals surface area contributed by atoms with Crippen LogP contribution in [0.2, 0.25) is 0 Å². The second-order valence-electron chi connectivity index (χ2n) is 6.82. The van der Waals surface area contributed by atoms with Crippen LogP contribution in [0.3, 0.4) is 0 Å². The normalized spacial score (nSPS) is 19.2. The number of aromatic hydroxyl groups is 1. The van der Waals surface area contributed by atoms with E-state index < -0.39 is 0 Å². The Kier molecular flexibility index (Phi) is 4.59. The van der Waals surface area contributed by atoms with Crippen LogP contribution in [0, 0.1) is 5.41 Å². The summed E-state index contributed by atoms with van der Waals surface area (Å²) < 4.78 is 5.17. The number of ether oxygens (including phenoxy) is 1. The topological polar surface area (TPSA) is 32.7 Å². The number of rotatable bonds is 4. The van der Waals surface area contributed by atoms with Crippen molar-refractivity contribution in [1.29, 1.82) is 0 Å². The Balaban J connectivity index is 1.96. The maximum absolute atomic E-state index is 9.64. The standard InChI is InChI=1S/C17H27NO2/c1-17(2)9-7-14(8-10-17)18(3)12-13-5-6-15(19)16(11-13)20-4/h5-6,11,14,19H,7-10,12H2,1-4H3. The van der Waals surface area contributed by atoms with Crippen LogP contribution in [-0.4, -0.2) is 30.2 Å². The van der Waals surface area contributed by atoms with Gasteiger partial charge in [-0.15, -0.1) is 0 Å². The molecule has 2 rings (SSSR count). The zero-order valence-corrected chi connectivity index (χ0v) is 13.1. The van der Waals surface area contributed by atoms with E-state index in [2.05, 4.69) is 25.8 Å². The third-order valence-electron chi connectivity index (χ3n) is 4.61. The van der Waals surface area contributed by atoms with E-state index in [4.69, 9.17) is 4.74 Å². The maximum Gasteiger partial charge on any atom is 0.160 e. The van der Waals surface area contributed by atoms with Gasteiger partial charge in [-0.2, -0.15) is 0 Å². The summed E-state index contributed by atoms with van der Waals surface area (Å²) in [5.41, 5.74) is 1.70. The first-order valence-corrected chi connectivity index (χ1v) is 7.47. The first-order chi connectivity index (χ1) is 9.41. The molecule has 3 nitrogen and oxygen atoms in total. The van der Waals surface area contributed by atoms with E-state index in [9.17, 15) is 5.11 Å². The maximum atomic E-state index is 9.64. The van der Waals surface area contributed by atoms with Gasteiger partial charge in [0.2, 0.25) is 0 Å². The lowest BCUT2D eigenvalue weighted by molar-refractivity contribution is 0.123. The number of nitrogens with zero attached hydrogens (tertiary/aromatic N) is 1. The first kappa shape index (κ1) is 15.2. The fourth-order valence-corrected chi connectivity index (χ4v) is 3.06. The number of benzene rings is 1. The Morgan fingerprint density at radius 3 is 2.55 bits per heavy atom. The molecule has 1 fully saturated rings. The molecule has 1 aliphatic carbocycles. The van der Waals surface area contributed by atoms with Crippen molar-refractivity contribution in [3.63, 3.8) is 0 Å². The van der Waals surface area contributed by atoms with E-state index in [0.29, 0.717) is 17.2 Å². The highest BCUT2D eigenvalue weighted by Gasteiger charge is 2.28. The summed E-state index contributed by atoms with van der Waals surface area (Å²) >= 11 is 0. The van der Waals surface area contributed by atoms with Gasteiger partial charge in [0.25, 0.3) is 0 Å². The SMILES string of the molecule is COc1cc(CN(C)C2CCC(C)(C)CC2)ccc1O. The van der Waals surface area contributed by atoms with Crippen molar-refractivity contribution in [3.8, 4) is 11.5 Å². The largest absolute Gasteiger partial charge is 0.504 e. The molecular formula is C17H27NO2. The minimum absolute atomic E-state index is 0.207. The average molecular weight is 277 g/mol. The number of hydrogen-bond donors (Lipinski definition) is 1. The van der Waals surface area contributed by atoms with Crippen LogP contribution >= 0.6 is 0 Å². The van der Waals surface area contributed by atoms with Gasteiger partial charge in [0.05, 0.1) is 7.11 Å². The van der Waals surface area contributed by atoms with Crippen molar-refractivity contribution in [1.82, 2.24) is 4.90 Å². The van der Waals surface area contributed by atoms with Gasteiger partial charge in [-0.05, 0) is 55.8 Å². The molecule has 0 atom stereocenters. The van der Waals surface area contributed by atoms with Crippen molar-refractivity contribution in [2.45, 2.75) is 52.1 Å². The van der Waals surface area contributed by atoms with Crippen molar-refractivity contribution in [3.05, 3.63) is 23.8 Å². The fraction of sp³-hybridized carbons (Fsp3) is 0.647. The van der Waals surface area contributed by atoms with Gasteiger partial charge in [0.1, 0.15) is 0 Å². The highest BCUT2D eigenvalue weighted by Crippen LogP contribution is 2.37. The minimum Gasteiger partial charge on any atom is -0.504 e.